The van der Waals surface area contributed by atoms with Gasteiger partial charge in [0.05, 0.1) is 24.3 Å². The molecule has 0 atom stereocenters. The van der Waals surface area contributed by atoms with Gasteiger partial charge in [0.15, 0.2) is 5.65 Å². The summed E-state index contributed by atoms with van der Waals surface area (Å²) >= 11 is 1.18. The van der Waals surface area contributed by atoms with Gasteiger partial charge in [0.2, 0.25) is 5.91 Å². The first-order valence-electron chi connectivity index (χ1n) is 8.07. The van der Waals surface area contributed by atoms with E-state index in [1.54, 1.807) is 0 Å². The second-order valence-electron chi connectivity index (χ2n) is 6.19. The summed E-state index contributed by atoms with van der Waals surface area (Å²) in [4.78, 5) is 19.1. The number of H-pyrrole nitrogens is 1. The highest BCUT2D eigenvalue weighted by Crippen LogP contribution is 2.25. The zero-order chi connectivity index (χ0) is 16.8. The molecule has 0 radical (unpaired) electrons. The molecule has 0 saturated carbocycles. The number of amides is 1. The average Bonchev–Trinajstić information content (AvgIpc) is 3.30. The van der Waals surface area contributed by atoms with Crippen molar-refractivity contribution >= 4 is 39.7 Å². The third-order valence-electron chi connectivity index (χ3n) is 4.74. The van der Waals surface area contributed by atoms with Crippen molar-refractivity contribution in [3.8, 4) is 0 Å². The topological polar surface area (TPSA) is 87.7 Å². The monoisotopic (exact) mass is 350 g/mol. The van der Waals surface area contributed by atoms with Gasteiger partial charge in [-0.15, -0.1) is 0 Å². The molecule has 0 spiro atoms. The lowest BCUT2D eigenvalue weighted by Gasteiger charge is -2.29. The van der Waals surface area contributed by atoms with Crippen molar-refractivity contribution in [3.05, 3.63) is 47.3 Å². The van der Waals surface area contributed by atoms with E-state index < -0.39 is 0 Å². The van der Waals surface area contributed by atoms with Gasteiger partial charge in [-0.3, -0.25) is 9.89 Å². The van der Waals surface area contributed by atoms with Crippen molar-refractivity contribution in [2.45, 2.75) is 19.4 Å². The molecule has 7 nitrogen and oxygen atoms in total. The Hall–Kier alpha value is -2.87. The molecule has 1 aromatic carbocycles. The number of hydrogen-bond donors (Lipinski definition) is 1. The van der Waals surface area contributed by atoms with Gasteiger partial charge < -0.3 is 4.90 Å². The molecule has 8 heteroatoms. The van der Waals surface area contributed by atoms with Crippen LogP contribution in [0.3, 0.4) is 0 Å². The highest BCUT2D eigenvalue weighted by atomic mass is 32.1. The molecule has 0 saturated heterocycles. The van der Waals surface area contributed by atoms with Crippen LogP contribution in [-0.4, -0.2) is 41.3 Å². The predicted octanol–water partition coefficient (Wildman–Crippen LogP) is 2.09. The standard InChI is InChI=1S/C17H14N6OS/c24-15(6-10-2-1-3-14-16(10)22-25-21-14)23-5-4-12-11(9-23)7-18-17-13(12)8-19-20-17/h1-3,7-8H,4-6,9H2,(H,18,19,20). The molecule has 0 fully saturated rings. The van der Waals surface area contributed by atoms with E-state index in [0.717, 1.165) is 39.6 Å². The van der Waals surface area contributed by atoms with Gasteiger partial charge >= 0.3 is 0 Å². The minimum Gasteiger partial charge on any atom is -0.338 e. The van der Waals surface area contributed by atoms with Crippen LogP contribution in [0, 0.1) is 0 Å². The van der Waals surface area contributed by atoms with Gasteiger partial charge in [-0.05, 0) is 29.2 Å². The van der Waals surface area contributed by atoms with Gasteiger partial charge in [0, 0.05) is 24.7 Å². The van der Waals surface area contributed by atoms with Gasteiger partial charge in [0.25, 0.3) is 0 Å². The van der Waals surface area contributed by atoms with E-state index in [-0.39, 0.29) is 5.91 Å². The first kappa shape index (κ1) is 14.5. The fourth-order valence-electron chi connectivity index (χ4n) is 3.45. The van der Waals surface area contributed by atoms with Gasteiger partial charge in [-0.2, -0.15) is 13.8 Å². The van der Waals surface area contributed by atoms with Crippen molar-refractivity contribution in [2.24, 2.45) is 0 Å². The van der Waals surface area contributed by atoms with Crippen LogP contribution in [0.25, 0.3) is 22.1 Å². The van der Waals surface area contributed by atoms with Crippen molar-refractivity contribution < 1.29 is 4.79 Å². The van der Waals surface area contributed by atoms with Gasteiger partial charge in [-0.25, -0.2) is 4.98 Å². The minimum atomic E-state index is 0.110. The quantitative estimate of drug-likeness (QED) is 0.598. The number of benzene rings is 1. The van der Waals surface area contributed by atoms with E-state index in [0.29, 0.717) is 19.5 Å². The average molecular weight is 350 g/mol. The van der Waals surface area contributed by atoms with Crippen molar-refractivity contribution in [2.75, 3.05) is 6.54 Å². The maximum atomic E-state index is 12.8. The van der Waals surface area contributed by atoms with Crippen LogP contribution in [0.15, 0.2) is 30.6 Å². The number of pyridine rings is 1. The molecule has 124 valence electrons. The molecule has 4 heterocycles. The molecule has 1 aliphatic rings. The fraction of sp³-hybridized carbons (Fsp3) is 0.235. The third kappa shape index (κ3) is 2.37. The summed E-state index contributed by atoms with van der Waals surface area (Å²) in [5, 5.41) is 8.02. The number of fused-ring (bicyclic) bond motifs is 4. The summed E-state index contributed by atoms with van der Waals surface area (Å²) in [6, 6.07) is 5.80. The number of aromatic nitrogens is 5. The number of hydrogen-bond acceptors (Lipinski definition) is 6. The molecular weight excluding hydrogens is 336 g/mol. The normalized spacial score (nSPS) is 14.2. The minimum absolute atomic E-state index is 0.110. The van der Waals surface area contributed by atoms with E-state index in [4.69, 9.17) is 0 Å². The van der Waals surface area contributed by atoms with Gasteiger partial charge in [-0.1, -0.05) is 12.1 Å². The Balaban J connectivity index is 1.41. The highest BCUT2D eigenvalue weighted by molar-refractivity contribution is 7.00. The van der Waals surface area contributed by atoms with Crippen molar-refractivity contribution in [1.82, 2.24) is 28.8 Å². The smallest absolute Gasteiger partial charge is 0.227 e. The van der Waals surface area contributed by atoms with E-state index in [1.165, 1.54) is 17.3 Å². The Labute approximate surface area is 147 Å². The lowest BCUT2D eigenvalue weighted by atomic mass is 9.98. The van der Waals surface area contributed by atoms with Crippen molar-refractivity contribution in [1.29, 1.82) is 0 Å². The molecule has 4 aromatic rings. The summed E-state index contributed by atoms with van der Waals surface area (Å²) in [5.74, 6) is 0.110. The summed E-state index contributed by atoms with van der Waals surface area (Å²) in [6.07, 6.45) is 4.83. The third-order valence-corrected chi connectivity index (χ3v) is 5.28. The molecule has 0 unspecified atom stereocenters. The number of rotatable bonds is 2. The molecule has 3 aromatic heterocycles. The van der Waals surface area contributed by atoms with E-state index in [1.807, 2.05) is 35.5 Å². The summed E-state index contributed by atoms with van der Waals surface area (Å²) in [7, 11) is 0. The lowest BCUT2D eigenvalue weighted by molar-refractivity contribution is -0.131. The number of nitrogens with zero attached hydrogens (tertiary/aromatic N) is 5. The molecule has 0 aliphatic carbocycles. The Kier molecular flexibility index (Phi) is 3.24. The summed E-state index contributed by atoms with van der Waals surface area (Å²) in [5.41, 5.74) is 5.77. The lowest BCUT2D eigenvalue weighted by Crippen LogP contribution is -2.37. The zero-order valence-corrected chi connectivity index (χ0v) is 14.1. The van der Waals surface area contributed by atoms with Crippen LogP contribution in [0.5, 0.6) is 0 Å². The van der Waals surface area contributed by atoms with Crippen LogP contribution >= 0.6 is 11.7 Å². The maximum Gasteiger partial charge on any atom is 0.227 e. The van der Waals surface area contributed by atoms with Crippen LogP contribution in [-0.2, 0) is 24.2 Å². The molecule has 1 amide bonds. The molecule has 1 aliphatic heterocycles. The number of nitrogens with one attached hydrogen (secondary N) is 1. The Morgan fingerprint density at radius 2 is 2.24 bits per heavy atom. The van der Waals surface area contributed by atoms with Crippen LogP contribution in [0.4, 0.5) is 0 Å². The van der Waals surface area contributed by atoms with Crippen molar-refractivity contribution in [3.63, 3.8) is 0 Å². The first-order valence-corrected chi connectivity index (χ1v) is 8.80. The van der Waals surface area contributed by atoms with E-state index in [9.17, 15) is 4.79 Å². The highest BCUT2D eigenvalue weighted by Gasteiger charge is 2.23. The molecule has 0 bridgehead atoms. The Bertz CT molecular complexity index is 1100. The number of carbonyl (C=O) groups excluding carboxylic acids is 1. The summed E-state index contributed by atoms with van der Waals surface area (Å²) < 4.78 is 8.56. The molecule has 25 heavy (non-hydrogen) atoms. The van der Waals surface area contributed by atoms with Crippen LogP contribution in [0.2, 0.25) is 0 Å². The zero-order valence-electron chi connectivity index (χ0n) is 13.3. The predicted molar refractivity (Wildman–Crippen MR) is 94.1 cm³/mol. The Morgan fingerprint density at radius 1 is 1.28 bits per heavy atom. The van der Waals surface area contributed by atoms with Crippen LogP contribution in [0.1, 0.15) is 16.7 Å². The SMILES string of the molecule is O=C(Cc1cccc2nsnc12)N1CCc2c(cnc3[nH]ncc23)C1. The Morgan fingerprint density at radius 3 is 3.20 bits per heavy atom. The molecule has 5 rings (SSSR count). The van der Waals surface area contributed by atoms with Gasteiger partial charge in [0.1, 0.15) is 11.0 Å². The largest absolute Gasteiger partial charge is 0.338 e. The molecule has 1 N–H and O–H groups in total. The second-order valence-corrected chi connectivity index (χ2v) is 6.71. The fourth-order valence-corrected chi connectivity index (χ4v) is 4.02. The summed E-state index contributed by atoms with van der Waals surface area (Å²) in [6.45, 7) is 1.30. The first-order chi connectivity index (χ1) is 12.3. The number of aromatic amines is 1. The van der Waals surface area contributed by atoms with E-state index in [2.05, 4.69) is 23.9 Å². The maximum absolute atomic E-state index is 12.8. The molecular formula is C17H14N6OS. The van der Waals surface area contributed by atoms with Crippen LogP contribution < -0.4 is 0 Å². The van der Waals surface area contributed by atoms with E-state index >= 15 is 0 Å². The second kappa shape index (κ2) is 5.59. The number of carbonyl (C=O) groups is 1.